The molecular formula is C14H9ClN2O3. The van der Waals surface area contributed by atoms with E-state index in [0.717, 1.165) is 0 Å². The molecule has 6 heteroatoms. The highest BCUT2D eigenvalue weighted by Crippen LogP contribution is 2.33. The van der Waals surface area contributed by atoms with Crippen LogP contribution in [0.3, 0.4) is 0 Å². The summed E-state index contributed by atoms with van der Waals surface area (Å²) in [5.41, 5.74) is 0.634. The zero-order valence-corrected chi connectivity index (χ0v) is 11.2. The molecule has 0 saturated heterocycles. The van der Waals surface area contributed by atoms with E-state index < -0.39 is 4.92 Å². The summed E-state index contributed by atoms with van der Waals surface area (Å²) < 4.78 is 5.59. The fraction of sp³-hybridized carbons (Fsp3) is 0.0714. The smallest absolute Gasteiger partial charge is 0.276 e. The van der Waals surface area contributed by atoms with Gasteiger partial charge in [-0.15, -0.1) is 0 Å². The van der Waals surface area contributed by atoms with E-state index in [9.17, 15) is 10.1 Å². The summed E-state index contributed by atoms with van der Waals surface area (Å²) in [6.07, 6.45) is 0. The molecule has 2 aromatic rings. The van der Waals surface area contributed by atoms with Crippen LogP contribution < -0.4 is 4.74 Å². The summed E-state index contributed by atoms with van der Waals surface area (Å²) in [5.74, 6) is 0.638. The second kappa shape index (κ2) is 5.59. The van der Waals surface area contributed by atoms with Gasteiger partial charge in [0.05, 0.1) is 16.1 Å². The lowest BCUT2D eigenvalue weighted by atomic mass is 10.1. The van der Waals surface area contributed by atoms with Gasteiger partial charge in [-0.05, 0) is 31.2 Å². The minimum absolute atomic E-state index is 0.0324. The molecule has 0 heterocycles. The second-order valence-electron chi connectivity index (χ2n) is 4.01. The minimum atomic E-state index is -0.477. The molecule has 0 aliphatic heterocycles. The van der Waals surface area contributed by atoms with Crippen molar-refractivity contribution < 1.29 is 9.66 Å². The maximum Gasteiger partial charge on any atom is 0.276 e. The number of nitriles is 1. The first-order chi connectivity index (χ1) is 9.52. The molecule has 100 valence electrons. The minimum Gasteiger partial charge on any atom is -0.455 e. The van der Waals surface area contributed by atoms with Crippen LogP contribution in [-0.2, 0) is 0 Å². The van der Waals surface area contributed by atoms with E-state index in [2.05, 4.69) is 0 Å². The molecule has 2 rings (SSSR count). The number of halogens is 1. The molecule has 2 aromatic carbocycles. The number of benzene rings is 2. The van der Waals surface area contributed by atoms with Crippen LogP contribution in [0.4, 0.5) is 5.69 Å². The Morgan fingerprint density at radius 1 is 1.30 bits per heavy atom. The van der Waals surface area contributed by atoms with Crippen molar-refractivity contribution >= 4 is 17.3 Å². The molecule has 0 radical (unpaired) electrons. The van der Waals surface area contributed by atoms with Crippen LogP contribution in [0.1, 0.15) is 11.1 Å². The molecule has 0 amide bonds. The lowest BCUT2D eigenvalue weighted by Crippen LogP contribution is -1.95. The molecule has 20 heavy (non-hydrogen) atoms. The quantitative estimate of drug-likeness (QED) is 0.626. The fourth-order valence-electron chi connectivity index (χ4n) is 1.71. The van der Waals surface area contributed by atoms with E-state index >= 15 is 0 Å². The Morgan fingerprint density at radius 2 is 2.05 bits per heavy atom. The van der Waals surface area contributed by atoms with E-state index in [1.807, 2.05) is 6.07 Å². The number of hydrogen-bond acceptors (Lipinski definition) is 4. The molecular weight excluding hydrogens is 280 g/mol. The third-order valence-corrected chi connectivity index (χ3v) is 2.97. The van der Waals surface area contributed by atoms with Crippen molar-refractivity contribution in [3.63, 3.8) is 0 Å². The highest BCUT2D eigenvalue weighted by Gasteiger charge is 2.15. The van der Waals surface area contributed by atoms with Crippen molar-refractivity contribution in [3.05, 3.63) is 62.7 Å². The van der Waals surface area contributed by atoms with E-state index in [1.165, 1.54) is 18.2 Å². The molecule has 0 fully saturated rings. The number of hydrogen-bond donors (Lipinski definition) is 0. The predicted molar refractivity (Wildman–Crippen MR) is 74.1 cm³/mol. The Balaban J connectivity index is 2.44. The fourth-order valence-corrected chi connectivity index (χ4v) is 1.88. The number of nitro groups is 1. The van der Waals surface area contributed by atoms with Crippen LogP contribution >= 0.6 is 11.6 Å². The third kappa shape index (κ3) is 2.71. The molecule has 0 unspecified atom stereocenters. The highest BCUT2D eigenvalue weighted by atomic mass is 35.5. The molecule has 0 saturated carbocycles. The summed E-state index contributed by atoms with van der Waals surface area (Å²) in [7, 11) is 0. The van der Waals surface area contributed by atoms with E-state index in [-0.39, 0.29) is 11.3 Å². The highest BCUT2D eigenvalue weighted by molar-refractivity contribution is 6.30. The maximum absolute atomic E-state index is 10.9. The number of nitro benzene ring substituents is 1. The molecule has 0 aliphatic carbocycles. The molecule has 0 spiro atoms. The molecule has 0 N–H and O–H groups in total. The van der Waals surface area contributed by atoms with Gasteiger partial charge in [0.2, 0.25) is 0 Å². The molecule has 0 atom stereocenters. The average Bonchev–Trinajstić information content (AvgIpc) is 2.42. The summed E-state index contributed by atoms with van der Waals surface area (Å²) in [6, 6.07) is 11.1. The van der Waals surface area contributed by atoms with Gasteiger partial charge in [-0.2, -0.15) is 5.26 Å². The second-order valence-corrected chi connectivity index (χ2v) is 4.45. The molecule has 0 bridgehead atoms. The first-order valence-electron chi connectivity index (χ1n) is 5.64. The lowest BCUT2D eigenvalue weighted by Gasteiger charge is -2.10. The third-order valence-electron chi connectivity index (χ3n) is 2.73. The Morgan fingerprint density at radius 3 is 2.70 bits per heavy atom. The average molecular weight is 289 g/mol. The zero-order valence-electron chi connectivity index (χ0n) is 10.5. The van der Waals surface area contributed by atoms with Crippen LogP contribution in [0.15, 0.2) is 36.4 Å². The van der Waals surface area contributed by atoms with Crippen LogP contribution in [0.2, 0.25) is 5.02 Å². The Bertz CT molecular complexity index is 723. The Labute approximate surface area is 120 Å². The summed E-state index contributed by atoms with van der Waals surface area (Å²) >= 11 is 5.80. The lowest BCUT2D eigenvalue weighted by molar-refractivity contribution is -0.385. The predicted octanol–water partition coefficient (Wildman–Crippen LogP) is 4.22. The normalized spacial score (nSPS) is 9.85. The number of rotatable bonds is 3. The van der Waals surface area contributed by atoms with Gasteiger partial charge in [-0.1, -0.05) is 17.7 Å². The van der Waals surface area contributed by atoms with E-state index in [4.69, 9.17) is 21.6 Å². The zero-order chi connectivity index (χ0) is 14.7. The van der Waals surface area contributed by atoms with Crippen molar-refractivity contribution in [2.45, 2.75) is 6.92 Å². The van der Waals surface area contributed by atoms with Gasteiger partial charge in [-0.3, -0.25) is 10.1 Å². The topological polar surface area (TPSA) is 76.2 Å². The van der Waals surface area contributed by atoms with Gasteiger partial charge < -0.3 is 4.74 Å². The van der Waals surface area contributed by atoms with Crippen molar-refractivity contribution in [2.75, 3.05) is 0 Å². The van der Waals surface area contributed by atoms with Crippen LogP contribution in [-0.4, -0.2) is 4.92 Å². The monoisotopic (exact) mass is 288 g/mol. The van der Waals surface area contributed by atoms with Crippen molar-refractivity contribution in [3.8, 4) is 17.6 Å². The maximum atomic E-state index is 10.9. The summed E-state index contributed by atoms with van der Waals surface area (Å²) in [4.78, 5) is 10.4. The Hall–Kier alpha value is -2.58. The number of nitrogens with zero attached hydrogens (tertiary/aromatic N) is 2. The number of ether oxygens (including phenoxy) is 1. The van der Waals surface area contributed by atoms with E-state index in [0.29, 0.717) is 22.1 Å². The Kier molecular flexibility index (Phi) is 3.87. The van der Waals surface area contributed by atoms with Gasteiger partial charge in [0, 0.05) is 11.1 Å². The largest absolute Gasteiger partial charge is 0.455 e. The van der Waals surface area contributed by atoms with Crippen LogP contribution in [0.25, 0.3) is 0 Å². The van der Waals surface area contributed by atoms with Crippen molar-refractivity contribution in [1.82, 2.24) is 0 Å². The van der Waals surface area contributed by atoms with Gasteiger partial charge in [0.15, 0.2) is 0 Å². The SMILES string of the molecule is Cc1c(Oc2ccc(Cl)cc2C#N)cccc1[N+](=O)[O-]. The van der Waals surface area contributed by atoms with Gasteiger partial charge in [0.1, 0.15) is 17.6 Å². The van der Waals surface area contributed by atoms with Crippen molar-refractivity contribution in [1.29, 1.82) is 5.26 Å². The first-order valence-corrected chi connectivity index (χ1v) is 6.02. The summed E-state index contributed by atoms with van der Waals surface area (Å²) in [6.45, 7) is 1.59. The van der Waals surface area contributed by atoms with Gasteiger partial charge in [-0.25, -0.2) is 0 Å². The van der Waals surface area contributed by atoms with Gasteiger partial charge >= 0.3 is 0 Å². The van der Waals surface area contributed by atoms with Gasteiger partial charge in [0.25, 0.3) is 5.69 Å². The van der Waals surface area contributed by atoms with Crippen LogP contribution in [0.5, 0.6) is 11.5 Å². The summed E-state index contributed by atoms with van der Waals surface area (Å²) in [5, 5.41) is 20.3. The first kappa shape index (κ1) is 13.8. The molecule has 0 aromatic heterocycles. The van der Waals surface area contributed by atoms with Crippen molar-refractivity contribution in [2.24, 2.45) is 0 Å². The molecule has 0 aliphatic rings. The van der Waals surface area contributed by atoms with E-state index in [1.54, 1.807) is 25.1 Å². The standard InChI is InChI=1S/C14H9ClN2O3/c1-9-12(17(18)19)3-2-4-13(9)20-14-6-5-11(15)7-10(14)8-16/h2-7H,1H3. The molecule has 5 nitrogen and oxygen atoms in total. The van der Waals surface area contributed by atoms with Crippen LogP contribution in [0, 0.1) is 28.4 Å².